The molecule has 1 aliphatic carbocycles. The molecule has 0 saturated heterocycles. The van der Waals surface area contributed by atoms with Crippen molar-refractivity contribution in [1.29, 1.82) is 0 Å². The number of carbonyl (C=O) groups is 2. The molecule has 1 aliphatic heterocycles. The summed E-state index contributed by atoms with van der Waals surface area (Å²) in [6.07, 6.45) is 15.5. The molecule has 7 nitrogen and oxygen atoms in total. The maximum Gasteiger partial charge on any atom is 0.331 e. The number of rotatable bonds is 5. The second-order valence-electron chi connectivity index (χ2n) is 9.50. The Morgan fingerprint density at radius 1 is 1.18 bits per heavy atom. The fourth-order valence-electron chi connectivity index (χ4n) is 5.26. The van der Waals surface area contributed by atoms with E-state index < -0.39 is 23.3 Å². The molecule has 0 amide bonds. The van der Waals surface area contributed by atoms with Crippen molar-refractivity contribution >= 4 is 41.1 Å². The van der Waals surface area contributed by atoms with Gasteiger partial charge in [0.15, 0.2) is 5.82 Å². The zero-order chi connectivity index (χ0) is 26.6. The molecule has 5 rings (SSSR count). The number of allylic oxidation sites excluding steroid dienone is 2. The van der Waals surface area contributed by atoms with Gasteiger partial charge in [0.2, 0.25) is 0 Å². The molecule has 0 saturated carbocycles. The molecule has 1 aromatic carbocycles. The molecular formula is C30H32ClN3O4. The molecule has 38 heavy (non-hydrogen) atoms. The number of anilines is 1. The van der Waals surface area contributed by atoms with Gasteiger partial charge in [-0.1, -0.05) is 55.3 Å². The quantitative estimate of drug-likeness (QED) is 0.430. The van der Waals surface area contributed by atoms with Crippen LogP contribution < -0.4 is 4.90 Å². The zero-order valence-electron chi connectivity index (χ0n) is 21.5. The van der Waals surface area contributed by atoms with E-state index in [0.717, 1.165) is 30.8 Å². The highest BCUT2D eigenvalue weighted by molar-refractivity contribution is 5.91. The summed E-state index contributed by atoms with van der Waals surface area (Å²) < 4.78 is 2.11. The summed E-state index contributed by atoms with van der Waals surface area (Å²) >= 11 is 0. The van der Waals surface area contributed by atoms with Crippen molar-refractivity contribution < 1.29 is 19.8 Å². The van der Waals surface area contributed by atoms with Crippen molar-refractivity contribution in [1.82, 2.24) is 9.55 Å². The van der Waals surface area contributed by atoms with Gasteiger partial charge in [-0.3, -0.25) is 4.79 Å². The van der Waals surface area contributed by atoms with Gasteiger partial charge in [0.1, 0.15) is 0 Å². The predicted molar refractivity (Wildman–Crippen MR) is 151 cm³/mol. The first-order chi connectivity index (χ1) is 17.8. The largest absolute Gasteiger partial charge is 0.481 e. The fourth-order valence-corrected chi connectivity index (χ4v) is 5.26. The fraction of sp³-hybridized carbons (Fsp3) is 0.300. The van der Waals surface area contributed by atoms with E-state index in [0.29, 0.717) is 13.0 Å². The number of halogens is 1. The summed E-state index contributed by atoms with van der Waals surface area (Å²) in [6.45, 7) is 5.82. The van der Waals surface area contributed by atoms with Gasteiger partial charge in [-0.05, 0) is 43.0 Å². The molecule has 0 spiro atoms. The number of fused-ring (bicyclic) bond motifs is 2. The maximum absolute atomic E-state index is 11.1. The Kier molecular flexibility index (Phi) is 9.03. The minimum Gasteiger partial charge on any atom is -0.481 e. The van der Waals surface area contributed by atoms with Crippen LogP contribution in [-0.2, 0) is 29.1 Å². The van der Waals surface area contributed by atoms with E-state index >= 15 is 0 Å². The van der Waals surface area contributed by atoms with Gasteiger partial charge < -0.3 is 19.7 Å². The molecule has 2 unspecified atom stereocenters. The number of hydrogen-bond acceptors (Lipinski definition) is 4. The van der Waals surface area contributed by atoms with E-state index in [1.165, 1.54) is 28.7 Å². The van der Waals surface area contributed by atoms with Crippen molar-refractivity contribution in [3.05, 3.63) is 83.7 Å². The van der Waals surface area contributed by atoms with Gasteiger partial charge in [-0.2, -0.15) is 0 Å². The molecule has 0 radical (unpaired) electrons. The monoisotopic (exact) mass is 533 g/mol. The molecule has 3 heterocycles. The minimum atomic E-state index is -1.11. The lowest BCUT2D eigenvalue weighted by Crippen LogP contribution is -2.38. The summed E-state index contributed by atoms with van der Waals surface area (Å²) in [4.78, 5) is 29.1. The summed E-state index contributed by atoms with van der Waals surface area (Å²) in [5.74, 6) is 1.25. The van der Waals surface area contributed by atoms with Crippen LogP contribution in [0.25, 0.3) is 10.9 Å². The van der Waals surface area contributed by atoms with Crippen LogP contribution in [0.4, 0.5) is 5.82 Å². The van der Waals surface area contributed by atoms with Crippen LogP contribution in [0.2, 0.25) is 0 Å². The number of benzene rings is 1. The van der Waals surface area contributed by atoms with Crippen molar-refractivity contribution in [2.24, 2.45) is 11.3 Å². The molecule has 0 bridgehead atoms. The third-order valence-corrected chi connectivity index (χ3v) is 7.28. The summed E-state index contributed by atoms with van der Waals surface area (Å²) in [5, 5.41) is 19.3. The first-order valence-corrected chi connectivity index (χ1v) is 12.3. The Bertz CT molecular complexity index is 1430. The van der Waals surface area contributed by atoms with E-state index in [4.69, 9.17) is 16.6 Å². The molecule has 2 aliphatic rings. The third kappa shape index (κ3) is 5.46. The molecule has 198 valence electrons. The van der Waals surface area contributed by atoms with E-state index in [2.05, 4.69) is 50.7 Å². The van der Waals surface area contributed by atoms with E-state index in [-0.39, 0.29) is 18.0 Å². The molecule has 2 atom stereocenters. The number of hydrogen-bond donors (Lipinski definition) is 2. The van der Waals surface area contributed by atoms with Crippen LogP contribution in [0.5, 0.6) is 0 Å². The van der Waals surface area contributed by atoms with Gasteiger partial charge in [-0.15, -0.1) is 18.8 Å². The summed E-state index contributed by atoms with van der Waals surface area (Å²) in [7, 11) is 0. The summed E-state index contributed by atoms with van der Waals surface area (Å²) in [5.41, 5.74) is 3.04. The smallest absolute Gasteiger partial charge is 0.331 e. The van der Waals surface area contributed by atoms with Crippen LogP contribution in [0.1, 0.15) is 31.4 Å². The van der Waals surface area contributed by atoms with Crippen LogP contribution in [0, 0.1) is 23.7 Å². The SMILES string of the molecule is C#CCn1ccc2ccnc(N3CCc4ccccc4C3)c21.CCC1C(C(=O)O)=CC=CC1(C)C(=O)O.Cl. The highest BCUT2D eigenvalue weighted by atomic mass is 35.5. The molecule has 2 N–H and O–H groups in total. The highest BCUT2D eigenvalue weighted by Crippen LogP contribution is 2.40. The molecule has 8 heteroatoms. The second kappa shape index (κ2) is 12.0. The Hall–Kier alpha value is -4.02. The molecule has 2 aromatic heterocycles. The van der Waals surface area contributed by atoms with Crippen molar-refractivity contribution in [3.8, 4) is 12.3 Å². The Morgan fingerprint density at radius 2 is 1.92 bits per heavy atom. The van der Waals surface area contributed by atoms with E-state index in [1.807, 2.05) is 18.5 Å². The van der Waals surface area contributed by atoms with Crippen molar-refractivity contribution in [2.45, 2.75) is 39.8 Å². The number of terminal acetylenes is 1. The number of aliphatic carboxylic acids is 2. The summed E-state index contributed by atoms with van der Waals surface area (Å²) in [6, 6.07) is 12.8. The molecule has 0 fully saturated rings. The standard InChI is InChI=1S/C19H17N3.C11H14O4.ClH/c1-2-11-21-12-9-16-7-10-20-19(18(16)21)22-13-8-15-5-3-4-6-17(15)14-22;1-3-8-7(9(12)13)5-4-6-11(8,2)10(14)15;/h1,3-7,9-10,12H,8,11,13-14H2;4-6,8H,3H2,1-2H3,(H,12,13)(H,14,15);1H. The van der Waals surface area contributed by atoms with Gasteiger partial charge in [-0.25, -0.2) is 9.78 Å². The zero-order valence-corrected chi connectivity index (χ0v) is 22.3. The minimum absolute atomic E-state index is 0. The Labute approximate surface area is 228 Å². The average Bonchev–Trinajstić information content (AvgIpc) is 3.31. The van der Waals surface area contributed by atoms with E-state index in [9.17, 15) is 9.59 Å². The first kappa shape index (κ1) is 28.5. The van der Waals surface area contributed by atoms with Gasteiger partial charge in [0, 0.05) is 42.4 Å². The Balaban J connectivity index is 0.000000221. The second-order valence-corrected chi connectivity index (χ2v) is 9.50. The highest BCUT2D eigenvalue weighted by Gasteiger charge is 2.43. The number of carboxylic acid groups (broad SMARTS) is 2. The van der Waals surface area contributed by atoms with Crippen LogP contribution in [-0.4, -0.2) is 38.2 Å². The lowest BCUT2D eigenvalue weighted by molar-refractivity contribution is -0.147. The first-order valence-electron chi connectivity index (χ1n) is 12.3. The van der Waals surface area contributed by atoms with Crippen LogP contribution in [0.3, 0.4) is 0 Å². The number of carboxylic acids is 2. The van der Waals surface area contributed by atoms with Gasteiger partial charge in [0.05, 0.1) is 17.5 Å². The molecule has 3 aromatic rings. The van der Waals surface area contributed by atoms with Crippen molar-refractivity contribution in [3.63, 3.8) is 0 Å². The number of aromatic nitrogens is 2. The number of pyridine rings is 1. The normalized spacial score (nSPS) is 19.8. The predicted octanol–water partition coefficient (Wildman–Crippen LogP) is 5.34. The van der Waals surface area contributed by atoms with Crippen molar-refractivity contribution in [2.75, 3.05) is 11.4 Å². The maximum atomic E-state index is 11.1. The van der Waals surface area contributed by atoms with Gasteiger partial charge in [0.25, 0.3) is 0 Å². The van der Waals surface area contributed by atoms with Gasteiger partial charge >= 0.3 is 11.9 Å². The Morgan fingerprint density at radius 3 is 2.58 bits per heavy atom. The third-order valence-electron chi connectivity index (χ3n) is 7.28. The lowest BCUT2D eigenvalue weighted by Gasteiger charge is -2.33. The van der Waals surface area contributed by atoms with Crippen LogP contribution >= 0.6 is 12.4 Å². The topological polar surface area (TPSA) is 95.7 Å². The van der Waals surface area contributed by atoms with Crippen LogP contribution in [0.15, 0.2) is 72.6 Å². The van der Waals surface area contributed by atoms with E-state index in [1.54, 1.807) is 19.9 Å². The molecular weight excluding hydrogens is 502 g/mol. The number of nitrogens with zero attached hydrogens (tertiary/aromatic N) is 3. The average molecular weight is 534 g/mol. The lowest BCUT2D eigenvalue weighted by atomic mass is 9.69.